The maximum Gasteiger partial charge on any atom is 0.103 e. The first-order valence-corrected chi connectivity index (χ1v) is 5.03. The fourth-order valence-electron chi connectivity index (χ4n) is 1.22. The van der Waals surface area contributed by atoms with Gasteiger partial charge in [0.2, 0.25) is 0 Å². The molecule has 76 valence electrons. The van der Waals surface area contributed by atoms with Gasteiger partial charge in [0.15, 0.2) is 0 Å². The normalized spacial score (nSPS) is 10.1. The van der Waals surface area contributed by atoms with Crippen LogP contribution in [0.3, 0.4) is 0 Å². The lowest BCUT2D eigenvalue weighted by Gasteiger charge is -2.07. The molecule has 1 aromatic carbocycles. The summed E-state index contributed by atoms with van der Waals surface area (Å²) in [6, 6.07) is 5.94. The van der Waals surface area contributed by atoms with Crippen molar-refractivity contribution in [2.45, 2.75) is 20.5 Å². The maximum absolute atomic E-state index is 5.53. The van der Waals surface area contributed by atoms with E-state index in [1.807, 2.05) is 32.0 Å². The Kier molecular flexibility index (Phi) is 4.04. The second-order valence-corrected chi connectivity index (χ2v) is 3.58. The van der Waals surface area contributed by atoms with E-state index in [0.29, 0.717) is 11.6 Å². The summed E-state index contributed by atoms with van der Waals surface area (Å²) in [5.41, 5.74) is 8.80. The molecule has 0 radical (unpaired) electrons. The Hall–Kier alpha value is -0.930. The molecule has 0 fully saturated rings. The summed E-state index contributed by atoms with van der Waals surface area (Å²) in [4.78, 5) is 0.441. The predicted molar refractivity (Wildman–Crippen MR) is 62.4 cm³/mol. The van der Waals surface area contributed by atoms with Crippen LogP contribution in [0, 0.1) is 6.92 Å². The molecule has 0 heterocycles. The molecular weight excluding hydrogens is 194 g/mol. The summed E-state index contributed by atoms with van der Waals surface area (Å²) >= 11 is 4.90. The Morgan fingerprint density at radius 2 is 2.21 bits per heavy atom. The first kappa shape index (κ1) is 11.1. The second-order valence-electron chi connectivity index (χ2n) is 3.14. The van der Waals surface area contributed by atoms with Gasteiger partial charge in [0, 0.05) is 12.2 Å². The first-order chi connectivity index (χ1) is 6.65. The molecule has 1 rings (SSSR count). The van der Waals surface area contributed by atoms with Crippen molar-refractivity contribution < 1.29 is 4.74 Å². The van der Waals surface area contributed by atoms with E-state index < -0.39 is 0 Å². The monoisotopic (exact) mass is 209 g/mol. The molecule has 0 amide bonds. The molecule has 2 N–H and O–H groups in total. The summed E-state index contributed by atoms with van der Waals surface area (Å²) in [6.07, 6.45) is 0. The third-order valence-corrected chi connectivity index (χ3v) is 2.32. The van der Waals surface area contributed by atoms with E-state index in [1.165, 1.54) is 11.1 Å². The highest BCUT2D eigenvalue weighted by molar-refractivity contribution is 7.80. The summed E-state index contributed by atoms with van der Waals surface area (Å²) in [5, 5.41) is 0. The Balaban J connectivity index is 2.84. The minimum Gasteiger partial charge on any atom is -0.389 e. The van der Waals surface area contributed by atoms with E-state index >= 15 is 0 Å². The number of nitrogens with two attached hydrogens (primary N) is 1. The molecule has 0 aromatic heterocycles. The van der Waals surface area contributed by atoms with Crippen molar-refractivity contribution in [1.29, 1.82) is 0 Å². The fraction of sp³-hybridized carbons (Fsp3) is 0.364. The van der Waals surface area contributed by atoms with Gasteiger partial charge in [-0.3, -0.25) is 0 Å². The van der Waals surface area contributed by atoms with Gasteiger partial charge in [0.05, 0.1) is 6.61 Å². The third kappa shape index (κ3) is 2.79. The highest BCUT2D eigenvalue weighted by Gasteiger charge is 2.01. The van der Waals surface area contributed by atoms with Gasteiger partial charge in [0.1, 0.15) is 4.99 Å². The molecule has 3 heteroatoms. The molecule has 0 unspecified atom stereocenters. The number of hydrogen-bond acceptors (Lipinski definition) is 2. The number of ether oxygens (including phenoxy) is 1. The van der Waals surface area contributed by atoms with Crippen LogP contribution >= 0.6 is 12.2 Å². The summed E-state index contributed by atoms with van der Waals surface area (Å²) in [5.74, 6) is 0. The Bertz CT molecular complexity index is 336. The largest absolute Gasteiger partial charge is 0.389 e. The van der Waals surface area contributed by atoms with Crippen LogP contribution in [0.25, 0.3) is 0 Å². The van der Waals surface area contributed by atoms with Crippen LogP contribution in [-0.2, 0) is 11.3 Å². The van der Waals surface area contributed by atoms with Crippen molar-refractivity contribution in [2.24, 2.45) is 5.73 Å². The van der Waals surface area contributed by atoms with Gasteiger partial charge in [-0.15, -0.1) is 0 Å². The average molecular weight is 209 g/mol. The Morgan fingerprint density at radius 1 is 1.50 bits per heavy atom. The molecule has 2 nitrogen and oxygen atoms in total. The lowest BCUT2D eigenvalue weighted by molar-refractivity contribution is 0.133. The minimum absolute atomic E-state index is 0.441. The lowest BCUT2D eigenvalue weighted by Crippen LogP contribution is -2.10. The van der Waals surface area contributed by atoms with E-state index in [4.69, 9.17) is 22.7 Å². The molecule has 0 aliphatic rings. The third-order valence-electron chi connectivity index (χ3n) is 2.09. The summed E-state index contributed by atoms with van der Waals surface area (Å²) < 4.78 is 5.34. The second kappa shape index (κ2) is 5.08. The molecule has 0 saturated heterocycles. The highest BCUT2D eigenvalue weighted by atomic mass is 32.1. The maximum atomic E-state index is 5.53. The Morgan fingerprint density at radius 3 is 2.71 bits per heavy atom. The van der Waals surface area contributed by atoms with E-state index in [2.05, 4.69) is 0 Å². The SMILES string of the molecule is CCOCc1ccc(C(N)=S)cc1C. The van der Waals surface area contributed by atoms with Crippen molar-refractivity contribution in [3.8, 4) is 0 Å². The molecule has 0 spiro atoms. The topological polar surface area (TPSA) is 35.2 Å². The van der Waals surface area contributed by atoms with E-state index in [1.54, 1.807) is 0 Å². The van der Waals surface area contributed by atoms with Crippen molar-refractivity contribution in [2.75, 3.05) is 6.61 Å². The lowest BCUT2D eigenvalue weighted by atomic mass is 10.1. The van der Waals surface area contributed by atoms with Crippen molar-refractivity contribution in [1.82, 2.24) is 0 Å². The van der Waals surface area contributed by atoms with Crippen LogP contribution < -0.4 is 5.73 Å². The standard InChI is InChI=1S/C11H15NOS/c1-3-13-7-10-5-4-9(11(12)14)6-8(10)2/h4-6H,3,7H2,1-2H3,(H2,12,14). The molecule has 14 heavy (non-hydrogen) atoms. The van der Waals surface area contributed by atoms with Gasteiger partial charge in [-0.2, -0.15) is 0 Å². The average Bonchev–Trinajstić information content (AvgIpc) is 2.15. The minimum atomic E-state index is 0.441. The van der Waals surface area contributed by atoms with Crippen molar-refractivity contribution in [3.63, 3.8) is 0 Å². The number of hydrogen-bond donors (Lipinski definition) is 1. The van der Waals surface area contributed by atoms with Crippen LogP contribution in [0.5, 0.6) is 0 Å². The van der Waals surface area contributed by atoms with Crippen LogP contribution in [0.1, 0.15) is 23.6 Å². The van der Waals surface area contributed by atoms with Crippen molar-refractivity contribution >= 4 is 17.2 Å². The smallest absolute Gasteiger partial charge is 0.103 e. The highest BCUT2D eigenvalue weighted by Crippen LogP contribution is 2.12. The van der Waals surface area contributed by atoms with Gasteiger partial charge in [-0.05, 0) is 31.0 Å². The number of thiocarbonyl (C=S) groups is 1. The van der Waals surface area contributed by atoms with E-state index in [-0.39, 0.29) is 0 Å². The van der Waals surface area contributed by atoms with Crippen LogP contribution in [-0.4, -0.2) is 11.6 Å². The van der Waals surface area contributed by atoms with Crippen LogP contribution in [0.4, 0.5) is 0 Å². The Labute approximate surface area is 90.1 Å². The number of aryl methyl sites for hydroxylation is 1. The number of rotatable bonds is 4. The van der Waals surface area contributed by atoms with Gasteiger partial charge in [-0.25, -0.2) is 0 Å². The number of benzene rings is 1. The molecule has 0 saturated carbocycles. The molecule has 0 aliphatic heterocycles. The zero-order valence-corrected chi connectivity index (χ0v) is 9.36. The molecular formula is C11H15NOS. The zero-order chi connectivity index (χ0) is 10.6. The summed E-state index contributed by atoms with van der Waals surface area (Å²) in [7, 11) is 0. The van der Waals surface area contributed by atoms with E-state index in [0.717, 1.165) is 12.2 Å². The molecule has 1 aromatic rings. The first-order valence-electron chi connectivity index (χ1n) is 4.62. The van der Waals surface area contributed by atoms with Gasteiger partial charge in [-0.1, -0.05) is 24.4 Å². The van der Waals surface area contributed by atoms with Crippen LogP contribution in [0.15, 0.2) is 18.2 Å². The molecule has 0 aliphatic carbocycles. The van der Waals surface area contributed by atoms with Crippen molar-refractivity contribution in [3.05, 3.63) is 34.9 Å². The fourth-order valence-corrected chi connectivity index (χ4v) is 1.35. The summed E-state index contributed by atoms with van der Waals surface area (Å²) in [6.45, 7) is 5.41. The van der Waals surface area contributed by atoms with Gasteiger partial charge >= 0.3 is 0 Å². The predicted octanol–water partition coefficient (Wildman–Crippen LogP) is 2.17. The molecule has 0 bridgehead atoms. The quantitative estimate of drug-likeness (QED) is 0.772. The van der Waals surface area contributed by atoms with E-state index in [9.17, 15) is 0 Å². The van der Waals surface area contributed by atoms with Gasteiger partial charge in [0.25, 0.3) is 0 Å². The van der Waals surface area contributed by atoms with Gasteiger partial charge < -0.3 is 10.5 Å². The molecule has 0 atom stereocenters. The zero-order valence-electron chi connectivity index (χ0n) is 8.54. The van der Waals surface area contributed by atoms with Crippen LogP contribution in [0.2, 0.25) is 0 Å².